The Balaban J connectivity index is 1.70. The molecule has 1 aromatic rings. The van der Waals surface area contributed by atoms with Crippen molar-refractivity contribution < 1.29 is 8.42 Å². The number of nitrogens with zero attached hydrogens (tertiary/aromatic N) is 1. The molecule has 1 aliphatic rings. The van der Waals surface area contributed by atoms with Gasteiger partial charge in [0.25, 0.3) is 0 Å². The molecular formula is C15H23N3O2S. The molecule has 21 heavy (non-hydrogen) atoms. The summed E-state index contributed by atoms with van der Waals surface area (Å²) in [7, 11) is -1.46. The molecule has 1 saturated carbocycles. The summed E-state index contributed by atoms with van der Waals surface area (Å²) in [5.74, 6) is 1.67. The zero-order valence-corrected chi connectivity index (χ0v) is 13.2. The van der Waals surface area contributed by atoms with Gasteiger partial charge in [0.05, 0.1) is 10.6 Å². The average Bonchev–Trinajstić information content (AvgIpc) is 3.32. The van der Waals surface area contributed by atoms with Gasteiger partial charge in [0, 0.05) is 20.1 Å². The maximum atomic E-state index is 12.1. The van der Waals surface area contributed by atoms with E-state index in [2.05, 4.69) is 15.6 Å². The first-order chi connectivity index (χ1) is 10.1. The van der Waals surface area contributed by atoms with E-state index in [1.54, 1.807) is 31.3 Å². The third kappa shape index (κ3) is 5.38. The largest absolute Gasteiger partial charge is 0.356 e. The van der Waals surface area contributed by atoms with Crippen molar-refractivity contribution in [2.45, 2.75) is 24.2 Å². The number of sulfone groups is 1. The number of benzene rings is 1. The van der Waals surface area contributed by atoms with Crippen molar-refractivity contribution in [3.63, 3.8) is 0 Å². The summed E-state index contributed by atoms with van der Waals surface area (Å²) in [6, 6.07) is 8.58. The number of nitrogens with one attached hydrogen (secondary N) is 2. The zero-order valence-electron chi connectivity index (χ0n) is 12.4. The molecule has 0 spiro atoms. The monoisotopic (exact) mass is 309 g/mol. The highest BCUT2D eigenvalue weighted by atomic mass is 32.2. The fourth-order valence-electron chi connectivity index (χ4n) is 2.00. The number of aliphatic imine (C=N–C) groups is 1. The Hall–Kier alpha value is -1.56. The van der Waals surface area contributed by atoms with Crippen LogP contribution in [0.2, 0.25) is 0 Å². The molecule has 1 aliphatic carbocycles. The van der Waals surface area contributed by atoms with Crippen LogP contribution < -0.4 is 10.6 Å². The van der Waals surface area contributed by atoms with Crippen LogP contribution in [0.3, 0.4) is 0 Å². The van der Waals surface area contributed by atoms with Gasteiger partial charge in [-0.1, -0.05) is 18.2 Å². The van der Waals surface area contributed by atoms with E-state index in [1.165, 1.54) is 12.8 Å². The molecule has 0 heterocycles. The molecule has 116 valence electrons. The second-order valence-electron chi connectivity index (χ2n) is 5.31. The summed E-state index contributed by atoms with van der Waals surface area (Å²) in [5.41, 5.74) is 0. The Kier molecular flexibility index (Phi) is 5.61. The van der Waals surface area contributed by atoms with Gasteiger partial charge in [-0.3, -0.25) is 4.99 Å². The molecular weight excluding hydrogens is 286 g/mol. The highest BCUT2D eigenvalue weighted by Gasteiger charge is 2.21. The molecule has 1 aromatic carbocycles. The highest BCUT2D eigenvalue weighted by molar-refractivity contribution is 7.91. The Morgan fingerprint density at radius 2 is 1.95 bits per heavy atom. The van der Waals surface area contributed by atoms with Gasteiger partial charge in [-0.2, -0.15) is 0 Å². The van der Waals surface area contributed by atoms with E-state index in [1.807, 2.05) is 6.07 Å². The van der Waals surface area contributed by atoms with Crippen LogP contribution in [0.15, 0.2) is 40.2 Å². The molecule has 0 atom stereocenters. The van der Waals surface area contributed by atoms with Gasteiger partial charge < -0.3 is 10.6 Å². The Morgan fingerprint density at radius 1 is 1.24 bits per heavy atom. The molecule has 0 aliphatic heterocycles. The molecule has 0 amide bonds. The van der Waals surface area contributed by atoms with E-state index in [9.17, 15) is 8.42 Å². The van der Waals surface area contributed by atoms with Crippen molar-refractivity contribution >= 4 is 15.8 Å². The van der Waals surface area contributed by atoms with Gasteiger partial charge in [-0.05, 0) is 37.3 Å². The summed E-state index contributed by atoms with van der Waals surface area (Å²) < 4.78 is 24.2. The van der Waals surface area contributed by atoms with Gasteiger partial charge in [-0.25, -0.2) is 8.42 Å². The van der Waals surface area contributed by atoms with Crippen molar-refractivity contribution in [3.8, 4) is 0 Å². The van der Waals surface area contributed by atoms with Crippen LogP contribution in [-0.2, 0) is 9.84 Å². The third-order valence-corrected chi connectivity index (χ3v) is 5.28. The van der Waals surface area contributed by atoms with E-state index in [0.717, 1.165) is 18.4 Å². The lowest BCUT2D eigenvalue weighted by Crippen LogP contribution is -2.39. The first kappa shape index (κ1) is 15.8. The summed E-state index contributed by atoms with van der Waals surface area (Å²) in [6.07, 6.45) is 3.14. The van der Waals surface area contributed by atoms with Gasteiger partial charge in [0.1, 0.15) is 0 Å². The summed E-state index contributed by atoms with van der Waals surface area (Å²) in [4.78, 5) is 4.51. The minimum atomic E-state index is -3.18. The van der Waals surface area contributed by atoms with Crippen molar-refractivity contribution in [1.82, 2.24) is 10.6 Å². The minimum Gasteiger partial charge on any atom is -0.356 e. The molecule has 0 unspecified atom stereocenters. The summed E-state index contributed by atoms with van der Waals surface area (Å²) in [6.45, 7) is 1.54. The molecule has 0 aromatic heterocycles. The lowest BCUT2D eigenvalue weighted by atomic mass is 10.4. The van der Waals surface area contributed by atoms with E-state index in [4.69, 9.17) is 0 Å². The van der Waals surface area contributed by atoms with Crippen LogP contribution in [0.25, 0.3) is 0 Å². The maximum absolute atomic E-state index is 12.1. The van der Waals surface area contributed by atoms with Crippen LogP contribution in [0.1, 0.15) is 19.3 Å². The van der Waals surface area contributed by atoms with Crippen LogP contribution in [0.5, 0.6) is 0 Å². The molecule has 2 N–H and O–H groups in total. The van der Waals surface area contributed by atoms with Gasteiger partial charge in [0.2, 0.25) is 0 Å². The molecule has 0 radical (unpaired) electrons. The number of rotatable bonds is 7. The predicted molar refractivity (Wildman–Crippen MR) is 85.2 cm³/mol. The Bertz CT molecular complexity index is 566. The van der Waals surface area contributed by atoms with Crippen molar-refractivity contribution in [3.05, 3.63) is 30.3 Å². The van der Waals surface area contributed by atoms with Gasteiger partial charge >= 0.3 is 0 Å². The van der Waals surface area contributed by atoms with Gasteiger partial charge in [-0.15, -0.1) is 0 Å². The standard InChI is InChI=1S/C15H23N3O2S/c1-16-15(18-12-13-8-9-13)17-10-5-11-21(19,20)14-6-3-2-4-7-14/h2-4,6-7,13H,5,8-12H2,1H3,(H2,16,17,18). The number of guanidine groups is 1. The molecule has 2 rings (SSSR count). The normalized spacial score (nSPS) is 15.8. The van der Waals surface area contributed by atoms with Crippen molar-refractivity contribution in [1.29, 1.82) is 0 Å². The van der Waals surface area contributed by atoms with Gasteiger partial charge in [0.15, 0.2) is 15.8 Å². The van der Waals surface area contributed by atoms with E-state index >= 15 is 0 Å². The first-order valence-corrected chi connectivity index (χ1v) is 8.99. The summed E-state index contributed by atoms with van der Waals surface area (Å²) >= 11 is 0. The predicted octanol–water partition coefficient (Wildman–Crippen LogP) is 1.43. The second kappa shape index (κ2) is 7.45. The zero-order chi connectivity index (χ0) is 15.1. The number of hydrogen-bond donors (Lipinski definition) is 2. The Morgan fingerprint density at radius 3 is 2.57 bits per heavy atom. The third-order valence-electron chi connectivity index (χ3n) is 3.46. The smallest absolute Gasteiger partial charge is 0.190 e. The fraction of sp³-hybridized carbons (Fsp3) is 0.533. The highest BCUT2D eigenvalue weighted by Crippen LogP contribution is 2.27. The van der Waals surface area contributed by atoms with Crippen molar-refractivity contribution in [2.75, 3.05) is 25.9 Å². The van der Waals surface area contributed by atoms with Crippen LogP contribution in [0.4, 0.5) is 0 Å². The number of hydrogen-bond acceptors (Lipinski definition) is 3. The topological polar surface area (TPSA) is 70.6 Å². The molecule has 1 fully saturated rings. The lowest BCUT2D eigenvalue weighted by Gasteiger charge is -2.11. The maximum Gasteiger partial charge on any atom is 0.190 e. The molecule has 6 heteroatoms. The quantitative estimate of drug-likeness (QED) is 0.454. The van der Waals surface area contributed by atoms with E-state index < -0.39 is 9.84 Å². The molecule has 0 bridgehead atoms. The van der Waals surface area contributed by atoms with Crippen molar-refractivity contribution in [2.24, 2.45) is 10.9 Å². The van der Waals surface area contributed by atoms with E-state index in [-0.39, 0.29) is 5.75 Å². The fourth-order valence-corrected chi connectivity index (χ4v) is 3.33. The lowest BCUT2D eigenvalue weighted by molar-refractivity contribution is 0.592. The first-order valence-electron chi connectivity index (χ1n) is 7.34. The average molecular weight is 309 g/mol. The second-order valence-corrected chi connectivity index (χ2v) is 7.42. The molecule has 5 nitrogen and oxygen atoms in total. The minimum absolute atomic E-state index is 0.142. The molecule has 0 saturated heterocycles. The Labute approximate surface area is 126 Å². The van der Waals surface area contributed by atoms with Crippen LogP contribution in [-0.4, -0.2) is 40.3 Å². The SMILES string of the molecule is CN=C(NCCCS(=O)(=O)c1ccccc1)NCC1CC1. The van der Waals surface area contributed by atoms with E-state index in [0.29, 0.717) is 17.9 Å². The van der Waals surface area contributed by atoms with Crippen LogP contribution >= 0.6 is 0 Å². The summed E-state index contributed by atoms with van der Waals surface area (Å²) in [5, 5.41) is 6.40. The van der Waals surface area contributed by atoms with Crippen LogP contribution in [0, 0.1) is 5.92 Å².